The first-order valence-electron chi connectivity index (χ1n) is 7.43. The zero-order chi connectivity index (χ0) is 13.9. The molecule has 1 heterocycles. The number of ether oxygens (including phenoxy) is 1. The lowest BCUT2D eigenvalue weighted by Gasteiger charge is -2.46. The molecule has 1 aliphatic rings. The van der Waals surface area contributed by atoms with Crippen LogP contribution in [0.1, 0.15) is 38.3 Å². The molecular weight excluding hydrogens is 236 g/mol. The average Bonchev–Trinajstić information content (AvgIpc) is 2.47. The second-order valence-electron chi connectivity index (χ2n) is 5.15. The highest BCUT2D eigenvalue weighted by atomic mass is 16.5. The molecule has 0 aromatic heterocycles. The molecule has 1 unspecified atom stereocenters. The molecule has 0 spiro atoms. The monoisotopic (exact) mass is 262 g/mol. The molecule has 0 fully saturated rings. The van der Waals surface area contributed by atoms with Gasteiger partial charge in [0.25, 0.3) is 0 Å². The van der Waals surface area contributed by atoms with E-state index in [1.54, 1.807) is 0 Å². The van der Waals surface area contributed by atoms with Gasteiger partial charge >= 0.3 is 0 Å². The van der Waals surface area contributed by atoms with Gasteiger partial charge in [-0.25, -0.2) is 0 Å². The van der Waals surface area contributed by atoms with Crippen LogP contribution < -0.4 is 10.5 Å². The zero-order valence-corrected chi connectivity index (χ0v) is 12.4. The van der Waals surface area contributed by atoms with Gasteiger partial charge in [0.1, 0.15) is 5.75 Å². The van der Waals surface area contributed by atoms with Crippen molar-refractivity contribution in [1.82, 2.24) is 4.90 Å². The van der Waals surface area contributed by atoms with Crippen molar-refractivity contribution in [1.29, 1.82) is 0 Å². The first-order valence-corrected chi connectivity index (χ1v) is 7.43. The summed E-state index contributed by atoms with van der Waals surface area (Å²) in [5, 5.41) is 0. The highest BCUT2D eigenvalue weighted by Crippen LogP contribution is 2.42. The van der Waals surface area contributed by atoms with Crippen molar-refractivity contribution in [3.8, 4) is 5.75 Å². The molecule has 3 heteroatoms. The smallest absolute Gasteiger partial charge is 0.127 e. The van der Waals surface area contributed by atoms with Crippen molar-refractivity contribution in [3.63, 3.8) is 0 Å². The molecule has 1 aromatic carbocycles. The van der Waals surface area contributed by atoms with Crippen LogP contribution in [0.15, 0.2) is 18.2 Å². The number of aryl methyl sites for hydroxylation is 1. The topological polar surface area (TPSA) is 38.5 Å². The van der Waals surface area contributed by atoms with E-state index in [1.165, 1.54) is 11.1 Å². The molecule has 0 saturated heterocycles. The summed E-state index contributed by atoms with van der Waals surface area (Å²) in [5.74, 6) is 1.08. The molecular formula is C16H26N2O. The van der Waals surface area contributed by atoms with Gasteiger partial charge in [0.15, 0.2) is 0 Å². The Morgan fingerprint density at radius 3 is 2.58 bits per heavy atom. The summed E-state index contributed by atoms with van der Waals surface area (Å²) in [6.45, 7) is 10.0. The first kappa shape index (κ1) is 14.4. The van der Waals surface area contributed by atoms with Crippen LogP contribution in [0.3, 0.4) is 0 Å². The van der Waals surface area contributed by atoms with E-state index in [0.29, 0.717) is 6.54 Å². The van der Waals surface area contributed by atoms with Gasteiger partial charge in [0, 0.05) is 18.5 Å². The van der Waals surface area contributed by atoms with E-state index >= 15 is 0 Å². The second kappa shape index (κ2) is 5.93. The van der Waals surface area contributed by atoms with Gasteiger partial charge in [-0.05, 0) is 25.1 Å². The maximum absolute atomic E-state index is 6.20. The Kier molecular flexibility index (Phi) is 4.48. The van der Waals surface area contributed by atoms with Crippen LogP contribution in [0.25, 0.3) is 0 Å². The quantitative estimate of drug-likeness (QED) is 0.886. The fourth-order valence-electron chi connectivity index (χ4n) is 3.36. The van der Waals surface area contributed by atoms with Crippen molar-refractivity contribution in [2.45, 2.75) is 39.2 Å². The van der Waals surface area contributed by atoms with Gasteiger partial charge in [-0.1, -0.05) is 39.0 Å². The lowest BCUT2D eigenvalue weighted by molar-refractivity contribution is 0.0570. The Morgan fingerprint density at radius 1 is 1.26 bits per heavy atom. The van der Waals surface area contributed by atoms with Gasteiger partial charge in [0.2, 0.25) is 0 Å². The fourth-order valence-corrected chi connectivity index (χ4v) is 3.36. The third-order valence-electron chi connectivity index (χ3n) is 4.45. The van der Waals surface area contributed by atoms with Crippen molar-refractivity contribution in [2.75, 3.05) is 26.2 Å². The summed E-state index contributed by atoms with van der Waals surface area (Å²) in [7, 11) is 0. The third-order valence-corrected chi connectivity index (χ3v) is 4.45. The highest BCUT2D eigenvalue weighted by Gasteiger charge is 2.41. The molecule has 0 saturated carbocycles. The summed E-state index contributed by atoms with van der Waals surface area (Å²) >= 11 is 0. The van der Waals surface area contributed by atoms with Crippen LogP contribution >= 0.6 is 0 Å². The number of nitrogens with zero attached hydrogens (tertiary/aromatic N) is 1. The largest absolute Gasteiger partial charge is 0.493 e. The van der Waals surface area contributed by atoms with E-state index in [9.17, 15) is 0 Å². The van der Waals surface area contributed by atoms with Crippen LogP contribution in [0, 0.1) is 0 Å². The summed E-state index contributed by atoms with van der Waals surface area (Å²) in [6, 6.07) is 6.49. The lowest BCUT2D eigenvalue weighted by Crippen LogP contribution is -2.53. The molecule has 1 aromatic rings. The highest BCUT2D eigenvalue weighted by molar-refractivity contribution is 5.47. The van der Waals surface area contributed by atoms with Crippen LogP contribution in [-0.2, 0) is 12.0 Å². The molecule has 19 heavy (non-hydrogen) atoms. The Labute approximate surface area is 116 Å². The van der Waals surface area contributed by atoms with Crippen molar-refractivity contribution >= 4 is 0 Å². The van der Waals surface area contributed by atoms with Crippen molar-refractivity contribution in [2.24, 2.45) is 5.73 Å². The van der Waals surface area contributed by atoms with Crippen LogP contribution in [0.2, 0.25) is 0 Å². The summed E-state index contributed by atoms with van der Waals surface area (Å²) in [6.07, 6.45) is 1.98. The lowest BCUT2D eigenvalue weighted by atomic mass is 9.81. The first-order chi connectivity index (χ1) is 9.23. The minimum absolute atomic E-state index is 0.0533. The molecule has 0 bridgehead atoms. The van der Waals surface area contributed by atoms with E-state index in [0.717, 1.165) is 38.3 Å². The van der Waals surface area contributed by atoms with Gasteiger partial charge in [-0.3, -0.25) is 4.90 Å². The maximum Gasteiger partial charge on any atom is 0.127 e. The summed E-state index contributed by atoms with van der Waals surface area (Å²) < 4.78 is 5.96. The molecule has 106 valence electrons. The normalized spacial score (nSPS) is 22.2. The molecule has 2 rings (SSSR count). The van der Waals surface area contributed by atoms with Gasteiger partial charge in [-0.2, -0.15) is 0 Å². The molecule has 1 atom stereocenters. The van der Waals surface area contributed by atoms with Gasteiger partial charge < -0.3 is 10.5 Å². The van der Waals surface area contributed by atoms with Gasteiger partial charge in [0.05, 0.1) is 12.1 Å². The zero-order valence-electron chi connectivity index (χ0n) is 12.4. The Hall–Kier alpha value is -1.06. The SMILES string of the molecule is CCc1cccc2c1OCCC2(CN)N(CC)CC. The molecule has 0 aliphatic carbocycles. The fraction of sp³-hybridized carbons (Fsp3) is 0.625. The number of nitrogens with two attached hydrogens (primary N) is 1. The van der Waals surface area contributed by atoms with E-state index in [-0.39, 0.29) is 5.54 Å². The average molecular weight is 262 g/mol. The number of likely N-dealkylation sites (N-methyl/N-ethyl adjacent to an activating group) is 1. The van der Waals surface area contributed by atoms with Crippen LogP contribution in [-0.4, -0.2) is 31.1 Å². The Balaban J connectivity index is 2.56. The summed E-state index contributed by atoms with van der Waals surface area (Å²) in [5.41, 5.74) is 8.72. The molecule has 1 aliphatic heterocycles. The number of fused-ring (bicyclic) bond motifs is 1. The number of benzene rings is 1. The number of hydrogen-bond acceptors (Lipinski definition) is 3. The number of para-hydroxylation sites is 1. The minimum Gasteiger partial charge on any atom is -0.493 e. The third kappa shape index (κ3) is 2.26. The molecule has 2 N–H and O–H groups in total. The predicted molar refractivity (Wildman–Crippen MR) is 79.6 cm³/mol. The minimum atomic E-state index is -0.0533. The van der Waals surface area contributed by atoms with Crippen LogP contribution in [0.4, 0.5) is 0 Å². The van der Waals surface area contributed by atoms with E-state index < -0.39 is 0 Å². The molecule has 0 amide bonds. The van der Waals surface area contributed by atoms with Gasteiger partial charge in [-0.15, -0.1) is 0 Å². The van der Waals surface area contributed by atoms with E-state index in [4.69, 9.17) is 10.5 Å². The van der Waals surface area contributed by atoms with Crippen LogP contribution in [0.5, 0.6) is 5.75 Å². The van der Waals surface area contributed by atoms with Crippen molar-refractivity contribution in [3.05, 3.63) is 29.3 Å². The van der Waals surface area contributed by atoms with E-state index in [2.05, 4.69) is 43.9 Å². The Bertz CT molecular complexity index is 429. The van der Waals surface area contributed by atoms with Crippen molar-refractivity contribution < 1.29 is 4.74 Å². The van der Waals surface area contributed by atoms with E-state index in [1.807, 2.05) is 0 Å². The standard InChI is InChI=1S/C16H26N2O/c1-4-13-8-7-9-14-15(13)19-11-10-16(14,12-17)18(5-2)6-3/h7-9H,4-6,10-12,17H2,1-3H3. The number of rotatable bonds is 5. The summed E-state index contributed by atoms with van der Waals surface area (Å²) in [4.78, 5) is 2.48. The molecule has 0 radical (unpaired) electrons. The maximum atomic E-state index is 6.20. The second-order valence-corrected chi connectivity index (χ2v) is 5.15. The predicted octanol–water partition coefficient (Wildman–Crippen LogP) is 2.53. The molecule has 3 nitrogen and oxygen atoms in total. The Morgan fingerprint density at radius 2 is 2.00 bits per heavy atom. The number of hydrogen-bond donors (Lipinski definition) is 1.